The fourth-order valence-electron chi connectivity index (χ4n) is 1.13. The number of rotatable bonds is 5. The fourth-order valence-corrected chi connectivity index (χ4v) is 1.13. The number of nitrogens with zero attached hydrogens (tertiary/aromatic N) is 1. The number of methoxy groups -OCH3 is 1. The van der Waals surface area contributed by atoms with Gasteiger partial charge in [0.2, 0.25) is 0 Å². The highest BCUT2D eigenvalue weighted by atomic mass is 16.5. The number of aromatic carboxylic acids is 1. The van der Waals surface area contributed by atoms with Gasteiger partial charge in [0, 0.05) is 13.3 Å². The summed E-state index contributed by atoms with van der Waals surface area (Å²) in [5, 5.41) is 8.83. The van der Waals surface area contributed by atoms with Gasteiger partial charge in [0.05, 0.1) is 6.61 Å². The molecule has 0 aliphatic heterocycles. The van der Waals surface area contributed by atoms with E-state index in [-0.39, 0.29) is 17.5 Å². The molecule has 0 bridgehead atoms. The number of hydrogen-bond acceptors (Lipinski definition) is 4. The minimum atomic E-state index is -1.10. The molecule has 1 aromatic heterocycles. The zero-order valence-corrected chi connectivity index (χ0v) is 8.64. The van der Waals surface area contributed by atoms with E-state index < -0.39 is 5.97 Å². The quantitative estimate of drug-likeness (QED) is 0.792. The van der Waals surface area contributed by atoms with Crippen LogP contribution in [0.15, 0.2) is 18.3 Å². The topological polar surface area (TPSA) is 68.7 Å². The third kappa shape index (κ3) is 3.21. The molecule has 0 fully saturated rings. The largest absolute Gasteiger partial charge is 0.486 e. The summed E-state index contributed by atoms with van der Waals surface area (Å²) in [6.45, 7) is 2.19. The molecule has 5 nitrogen and oxygen atoms in total. The Morgan fingerprint density at radius 2 is 2.40 bits per heavy atom. The van der Waals surface area contributed by atoms with Crippen molar-refractivity contribution in [3.05, 3.63) is 24.0 Å². The van der Waals surface area contributed by atoms with Crippen molar-refractivity contribution in [1.29, 1.82) is 0 Å². The van der Waals surface area contributed by atoms with Crippen molar-refractivity contribution in [2.45, 2.75) is 13.0 Å². The molecule has 0 aromatic carbocycles. The van der Waals surface area contributed by atoms with E-state index in [0.29, 0.717) is 6.61 Å². The Kier molecular flexibility index (Phi) is 4.05. The summed E-state index contributed by atoms with van der Waals surface area (Å²) in [5.41, 5.74) is -0.0829. The average Bonchev–Trinajstić information content (AvgIpc) is 2.18. The molecule has 1 atom stereocenters. The number of carboxylic acids is 1. The van der Waals surface area contributed by atoms with Crippen molar-refractivity contribution in [1.82, 2.24) is 4.98 Å². The first-order chi connectivity index (χ1) is 7.15. The summed E-state index contributed by atoms with van der Waals surface area (Å²) in [5.74, 6) is -0.843. The van der Waals surface area contributed by atoms with E-state index in [2.05, 4.69) is 4.98 Å². The van der Waals surface area contributed by atoms with E-state index in [1.54, 1.807) is 26.2 Å². The summed E-state index contributed by atoms with van der Waals surface area (Å²) in [7, 11) is 1.56. The van der Waals surface area contributed by atoms with Crippen LogP contribution in [0.4, 0.5) is 0 Å². The van der Waals surface area contributed by atoms with Gasteiger partial charge in [-0.3, -0.25) is 0 Å². The molecule has 1 N–H and O–H groups in total. The van der Waals surface area contributed by atoms with Crippen molar-refractivity contribution >= 4 is 5.97 Å². The van der Waals surface area contributed by atoms with Crippen LogP contribution in [-0.4, -0.2) is 35.9 Å². The normalized spacial score (nSPS) is 12.1. The Bertz CT molecular complexity index is 340. The van der Waals surface area contributed by atoms with Crippen LogP contribution >= 0.6 is 0 Å². The second-order valence-corrected chi connectivity index (χ2v) is 3.04. The van der Waals surface area contributed by atoms with E-state index in [0.717, 1.165) is 0 Å². The van der Waals surface area contributed by atoms with Crippen LogP contribution in [0.2, 0.25) is 0 Å². The molecule has 15 heavy (non-hydrogen) atoms. The highest BCUT2D eigenvalue weighted by Gasteiger charge is 2.14. The van der Waals surface area contributed by atoms with Crippen molar-refractivity contribution < 1.29 is 19.4 Å². The Labute approximate surface area is 87.7 Å². The van der Waals surface area contributed by atoms with E-state index in [4.69, 9.17) is 14.6 Å². The lowest BCUT2D eigenvalue weighted by Crippen LogP contribution is -2.19. The number of carbonyl (C=O) groups is 1. The highest BCUT2D eigenvalue weighted by molar-refractivity contribution is 5.88. The molecule has 1 aromatic rings. The monoisotopic (exact) mass is 211 g/mol. The smallest absolute Gasteiger partial charge is 0.358 e. The van der Waals surface area contributed by atoms with Crippen LogP contribution in [-0.2, 0) is 4.74 Å². The van der Waals surface area contributed by atoms with Gasteiger partial charge in [-0.15, -0.1) is 0 Å². The number of pyridine rings is 1. The minimum absolute atomic E-state index is 0.0829. The third-order valence-corrected chi connectivity index (χ3v) is 1.70. The van der Waals surface area contributed by atoms with Gasteiger partial charge < -0.3 is 14.6 Å². The third-order valence-electron chi connectivity index (χ3n) is 1.70. The second kappa shape index (κ2) is 5.31. The van der Waals surface area contributed by atoms with E-state index in [1.807, 2.05) is 0 Å². The summed E-state index contributed by atoms with van der Waals surface area (Å²) < 4.78 is 10.3. The lowest BCUT2D eigenvalue weighted by molar-refractivity contribution is 0.0665. The van der Waals surface area contributed by atoms with Crippen LogP contribution < -0.4 is 4.74 Å². The van der Waals surface area contributed by atoms with Crippen LogP contribution in [0.1, 0.15) is 17.4 Å². The number of ether oxygens (including phenoxy) is 2. The first kappa shape index (κ1) is 11.5. The first-order valence-corrected chi connectivity index (χ1v) is 4.49. The molecule has 0 saturated carbocycles. The van der Waals surface area contributed by atoms with Crippen molar-refractivity contribution in [2.75, 3.05) is 13.7 Å². The second-order valence-electron chi connectivity index (χ2n) is 3.04. The molecule has 0 aliphatic rings. The maximum absolute atomic E-state index is 10.8. The van der Waals surface area contributed by atoms with Crippen molar-refractivity contribution in [3.63, 3.8) is 0 Å². The van der Waals surface area contributed by atoms with Crippen LogP contribution in [0.3, 0.4) is 0 Å². The van der Waals surface area contributed by atoms with Gasteiger partial charge >= 0.3 is 5.97 Å². The molecule has 5 heteroatoms. The Hall–Kier alpha value is -1.62. The molecule has 1 rings (SSSR count). The van der Waals surface area contributed by atoms with Gasteiger partial charge in [-0.1, -0.05) is 0 Å². The van der Waals surface area contributed by atoms with E-state index in [9.17, 15) is 4.79 Å². The molecule has 82 valence electrons. The molecule has 0 amide bonds. The molecule has 1 unspecified atom stereocenters. The zero-order chi connectivity index (χ0) is 11.3. The number of aromatic nitrogens is 1. The molecular formula is C10H13NO4. The summed E-state index contributed by atoms with van der Waals surface area (Å²) >= 11 is 0. The maximum Gasteiger partial charge on any atom is 0.358 e. The Balaban J connectivity index is 2.79. The Morgan fingerprint density at radius 1 is 1.67 bits per heavy atom. The molecule has 1 heterocycles. The number of carboxylic acid groups (broad SMARTS) is 1. The van der Waals surface area contributed by atoms with Crippen molar-refractivity contribution in [3.8, 4) is 5.75 Å². The van der Waals surface area contributed by atoms with Gasteiger partial charge in [0.1, 0.15) is 6.10 Å². The van der Waals surface area contributed by atoms with Crippen LogP contribution in [0.5, 0.6) is 5.75 Å². The molecule has 0 saturated heterocycles. The minimum Gasteiger partial charge on any atom is -0.486 e. The first-order valence-electron chi connectivity index (χ1n) is 4.49. The molecule has 0 spiro atoms. The predicted molar refractivity (Wildman–Crippen MR) is 53.2 cm³/mol. The van der Waals surface area contributed by atoms with Gasteiger partial charge in [0.15, 0.2) is 11.4 Å². The molecule has 0 aliphatic carbocycles. The van der Waals surface area contributed by atoms with Crippen molar-refractivity contribution in [2.24, 2.45) is 0 Å². The zero-order valence-electron chi connectivity index (χ0n) is 8.64. The molecule has 0 radical (unpaired) electrons. The van der Waals surface area contributed by atoms with E-state index >= 15 is 0 Å². The molecular weight excluding hydrogens is 198 g/mol. The average molecular weight is 211 g/mol. The summed E-state index contributed by atoms with van der Waals surface area (Å²) in [4.78, 5) is 14.5. The SMILES string of the molecule is COCC(C)Oc1cccnc1C(=O)O. The summed E-state index contributed by atoms with van der Waals surface area (Å²) in [6, 6.07) is 3.20. The number of hydrogen-bond donors (Lipinski definition) is 1. The maximum atomic E-state index is 10.8. The lowest BCUT2D eigenvalue weighted by atomic mass is 10.3. The predicted octanol–water partition coefficient (Wildman–Crippen LogP) is 1.19. The lowest BCUT2D eigenvalue weighted by Gasteiger charge is -2.14. The van der Waals surface area contributed by atoms with Crippen LogP contribution in [0.25, 0.3) is 0 Å². The fraction of sp³-hybridized carbons (Fsp3) is 0.400. The highest BCUT2D eigenvalue weighted by Crippen LogP contribution is 2.16. The summed E-state index contributed by atoms with van der Waals surface area (Å²) in [6.07, 6.45) is 1.20. The van der Waals surface area contributed by atoms with Gasteiger partial charge in [0.25, 0.3) is 0 Å². The standard InChI is InChI=1S/C10H13NO4/c1-7(6-14-2)15-8-4-3-5-11-9(8)10(12)13/h3-5,7H,6H2,1-2H3,(H,12,13). The van der Waals surface area contributed by atoms with Gasteiger partial charge in [-0.2, -0.15) is 0 Å². The van der Waals surface area contributed by atoms with E-state index in [1.165, 1.54) is 6.20 Å². The van der Waals surface area contributed by atoms with Crippen LogP contribution in [0, 0.1) is 0 Å². The Morgan fingerprint density at radius 3 is 3.00 bits per heavy atom. The van der Waals surface area contributed by atoms with Gasteiger partial charge in [-0.05, 0) is 19.1 Å². The van der Waals surface area contributed by atoms with Gasteiger partial charge in [-0.25, -0.2) is 9.78 Å².